The average Bonchev–Trinajstić information content (AvgIpc) is 3.28. The van der Waals surface area contributed by atoms with Crippen LogP contribution in [-0.4, -0.2) is 46.7 Å². The summed E-state index contributed by atoms with van der Waals surface area (Å²) in [6, 6.07) is 3.61. The first-order chi connectivity index (χ1) is 14.0. The number of anilines is 1. The smallest absolute Gasteiger partial charge is 0.277 e. The summed E-state index contributed by atoms with van der Waals surface area (Å²) >= 11 is 3.47. The van der Waals surface area contributed by atoms with Gasteiger partial charge in [-0.2, -0.15) is 5.10 Å². The number of hydrogen-bond donors (Lipinski definition) is 3. The van der Waals surface area contributed by atoms with Gasteiger partial charge < -0.3 is 20.4 Å². The van der Waals surface area contributed by atoms with E-state index in [-0.39, 0.29) is 24.1 Å². The van der Waals surface area contributed by atoms with Gasteiger partial charge in [0.15, 0.2) is 11.6 Å². The molecule has 4 rings (SSSR count). The molecule has 1 saturated carbocycles. The molecule has 3 aromatic rings. The fraction of sp³-hybridized carbons (Fsp3) is 0.368. The molecule has 1 aliphatic rings. The van der Waals surface area contributed by atoms with Crippen LogP contribution < -0.4 is 16.0 Å². The lowest BCUT2D eigenvalue weighted by atomic mass is 10.2. The van der Waals surface area contributed by atoms with E-state index in [0.29, 0.717) is 35.1 Å². The molecule has 29 heavy (non-hydrogen) atoms. The molecule has 2 amide bonds. The van der Waals surface area contributed by atoms with Crippen molar-refractivity contribution in [3.63, 3.8) is 0 Å². The molecule has 1 fully saturated rings. The summed E-state index contributed by atoms with van der Waals surface area (Å²) < 4.78 is 7.65. The van der Waals surface area contributed by atoms with Gasteiger partial charge in [-0.3, -0.25) is 14.3 Å². The van der Waals surface area contributed by atoms with Crippen LogP contribution in [0.5, 0.6) is 0 Å². The number of carbonyl (C=O) groups is 2. The van der Waals surface area contributed by atoms with Gasteiger partial charge in [-0.15, -0.1) is 0 Å². The van der Waals surface area contributed by atoms with Crippen molar-refractivity contribution in [2.45, 2.75) is 25.3 Å². The average molecular weight is 461 g/mol. The van der Waals surface area contributed by atoms with Crippen LogP contribution in [0.1, 0.15) is 35.1 Å². The molecular weight excluding hydrogens is 440 g/mol. The molecule has 0 aliphatic heterocycles. The third-order valence-electron chi connectivity index (χ3n) is 4.57. The molecular formula is C19H21BrN6O3. The third kappa shape index (κ3) is 4.65. The van der Waals surface area contributed by atoms with E-state index >= 15 is 0 Å². The Morgan fingerprint density at radius 3 is 2.90 bits per heavy atom. The number of nitrogens with one attached hydrogen (secondary N) is 3. The molecule has 0 bridgehead atoms. The molecule has 0 radical (unpaired) electrons. The van der Waals surface area contributed by atoms with Crippen molar-refractivity contribution < 1.29 is 14.0 Å². The summed E-state index contributed by atoms with van der Waals surface area (Å²) in [6.45, 7) is 1.39. The number of oxazole rings is 1. The van der Waals surface area contributed by atoms with Crippen LogP contribution in [0.3, 0.4) is 0 Å². The monoisotopic (exact) mass is 460 g/mol. The Morgan fingerprint density at radius 1 is 1.31 bits per heavy atom. The van der Waals surface area contributed by atoms with Gasteiger partial charge in [0.25, 0.3) is 5.91 Å². The van der Waals surface area contributed by atoms with Gasteiger partial charge in [-0.25, -0.2) is 4.98 Å². The van der Waals surface area contributed by atoms with Crippen molar-refractivity contribution >= 4 is 44.3 Å². The number of amides is 2. The summed E-state index contributed by atoms with van der Waals surface area (Å²) in [4.78, 5) is 28.7. The van der Waals surface area contributed by atoms with Gasteiger partial charge in [0.1, 0.15) is 12.8 Å². The summed E-state index contributed by atoms with van der Waals surface area (Å²) in [5, 5.41) is 13.9. The minimum absolute atomic E-state index is 0.113. The van der Waals surface area contributed by atoms with E-state index < -0.39 is 0 Å². The van der Waals surface area contributed by atoms with E-state index in [1.807, 2.05) is 13.1 Å². The number of likely N-dealkylation sites (N-methyl/N-ethyl adjacent to an activating group) is 1. The van der Waals surface area contributed by atoms with E-state index in [4.69, 9.17) is 4.42 Å². The number of nitrogens with zero attached hydrogens (tertiary/aromatic N) is 3. The van der Waals surface area contributed by atoms with Crippen LogP contribution in [0.15, 0.2) is 33.5 Å². The van der Waals surface area contributed by atoms with Crippen molar-refractivity contribution in [3.8, 4) is 0 Å². The molecule has 10 heteroatoms. The lowest BCUT2D eigenvalue weighted by Gasteiger charge is -2.05. The Balaban J connectivity index is 1.46. The topological polar surface area (TPSA) is 114 Å². The normalized spacial score (nSPS) is 13.6. The zero-order chi connectivity index (χ0) is 20.4. The molecule has 2 aromatic heterocycles. The van der Waals surface area contributed by atoms with Gasteiger partial charge in [0.2, 0.25) is 5.91 Å². The zero-order valence-electron chi connectivity index (χ0n) is 15.9. The number of benzene rings is 1. The minimum Gasteiger partial charge on any atom is -0.448 e. The predicted octanol–water partition coefficient (Wildman–Crippen LogP) is 2.25. The second-order valence-corrected chi connectivity index (χ2v) is 7.82. The summed E-state index contributed by atoms with van der Waals surface area (Å²) in [6.07, 6.45) is 5.28. The van der Waals surface area contributed by atoms with E-state index in [2.05, 4.69) is 42.0 Å². The van der Waals surface area contributed by atoms with Gasteiger partial charge in [-0.1, -0.05) is 0 Å². The molecule has 9 nitrogen and oxygen atoms in total. The van der Waals surface area contributed by atoms with Crippen LogP contribution in [0.4, 0.5) is 5.69 Å². The molecule has 1 aliphatic carbocycles. The first-order valence-corrected chi connectivity index (χ1v) is 10.2. The number of hydrogen-bond acceptors (Lipinski definition) is 6. The van der Waals surface area contributed by atoms with Crippen LogP contribution >= 0.6 is 15.9 Å². The quantitative estimate of drug-likeness (QED) is 0.444. The van der Waals surface area contributed by atoms with Crippen LogP contribution in [0, 0.1) is 0 Å². The van der Waals surface area contributed by atoms with Crippen LogP contribution in [0.2, 0.25) is 0 Å². The Hall–Kier alpha value is -2.72. The molecule has 0 atom stereocenters. The number of rotatable bonds is 8. The van der Waals surface area contributed by atoms with Gasteiger partial charge in [0.05, 0.1) is 11.2 Å². The maximum atomic E-state index is 12.5. The standard InChI is InChI=1S/C19H21BrN6O3/c1-21-4-5-22-17(27)9-26-8-12-6-15(13(20)7-14(12)25-26)23-18(28)16-10-29-19(24-16)11-2-3-11/h6-8,10-11,21H,2-5,9H2,1H3,(H,22,27)(H,23,28). The molecule has 152 valence electrons. The highest BCUT2D eigenvalue weighted by molar-refractivity contribution is 9.10. The first kappa shape index (κ1) is 19.6. The summed E-state index contributed by atoms with van der Waals surface area (Å²) in [5.41, 5.74) is 1.57. The largest absolute Gasteiger partial charge is 0.448 e. The Kier molecular flexibility index (Phi) is 5.63. The molecule has 2 heterocycles. The maximum Gasteiger partial charge on any atom is 0.277 e. The summed E-state index contributed by atoms with van der Waals surface area (Å²) in [5.74, 6) is 0.523. The third-order valence-corrected chi connectivity index (χ3v) is 5.23. The van der Waals surface area contributed by atoms with Crippen LogP contribution in [-0.2, 0) is 11.3 Å². The van der Waals surface area contributed by atoms with Crippen molar-refractivity contribution in [2.75, 3.05) is 25.5 Å². The van der Waals surface area contributed by atoms with E-state index in [1.165, 1.54) is 6.26 Å². The predicted molar refractivity (Wildman–Crippen MR) is 111 cm³/mol. The summed E-state index contributed by atoms with van der Waals surface area (Å²) in [7, 11) is 1.83. The highest BCUT2D eigenvalue weighted by atomic mass is 79.9. The fourth-order valence-electron chi connectivity index (χ4n) is 2.90. The molecule has 0 unspecified atom stereocenters. The van der Waals surface area contributed by atoms with E-state index in [1.54, 1.807) is 16.9 Å². The lowest BCUT2D eigenvalue weighted by molar-refractivity contribution is -0.121. The van der Waals surface area contributed by atoms with E-state index in [0.717, 1.165) is 23.7 Å². The highest BCUT2D eigenvalue weighted by Gasteiger charge is 2.29. The molecule has 1 aromatic carbocycles. The van der Waals surface area contributed by atoms with Crippen molar-refractivity contribution in [3.05, 3.63) is 40.7 Å². The highest BCUT2D eigenvalue weighted by Crippen LogP contribution is 2.39. The number of fused-ring (bicyclic) bond motifs is 1. The number of halogens is 1. The lowest BCUT2D eigenvalue weighted by Crippen LogP contribution is -2.33. The Morgan fingerprint density at radius 2 is 2.14 bits per heavy atom. The first-order valence-electron chi connectivity index (χ1n) is 9.38. The molecule has 0 saturated heterocycles. The Bertz CT molecular complexity index is 1060. The van der Waals surface area contributed by atoms with Gasteiger partial charge in [0, 0.05) is 35.1 Å². The Labute approximate surface area is 175 Å². The van der Waals surface area contributed by atoms with Gasteiger partial charge in [-0.05, 0) is 48.0 Å². The number of aromatic nitrogens is 3. The van der Waals surface area contributed by atoms with Crippen molar-refractivity contribution in [1.82, 2.24) is 25.4 Å². The van der Waals surface area contributed by atoms with Crippen LogP contribution in [0.25, 0.3) is 10.9 Å². The van der Waals surface area contributed by atoms with Crippen molar-refractivity contribution in [2.24, 2.45) is 0 Å². The molecule has 3 N–H and O–H groups in total. The second-order valence-electron chi connectivity index (χ2n) is 6.97. The van der Waals surface area contributed by atoms with Crippen molar-refractivity contribution in [1.29, 1.82) is 0 Å². The van der Waals surface area contributed by atoms with Gasteiger partial charge >= 0.3 is 0 Å². The SMILES string of the molecule is CNCCNC(=O)Cn1cc2cc(NC(=O)c3coc(C4CC4)n3)c(Br)cc2n1. The fourth-order valence-corrected chi connectivity index (χ4v) is 3.33. The second kappa shape index (κ2) is 8.34. The molecule has 0 spiro atoms. The zero-order valence-corrected chi connectivity index (χ0v) is 17.5. The number of carbonyl (C=O) groups excluding carboxylic acids is 2. The maximum absolute atomic E-state index is 12.5. The minimum atomic E-state index is -0.336. The van der Waals surface area contributed by atoms with E-state index in [9.17, 15) is 9.59 Å².